The van der Waals surface area contributed by atoms with Gasteiger partial charge in [0.05, 0.1) is 6.61 Å². The maximum absolute atomic E-state index is 13.7. The minimum absolute atomic E-state index is 0.0443. The Morgan fingerprint density at radius 3 is 2.07 bits per heavy atom. The number of hydrogen-bond acceptors (Lipinski definition) is 7. The molecule has 1 saturated heterocycles. The number of benzene rings is 3. The largest absolute Gasteiger partial charge is 0.493 e. The molecule has 1 atom stereocenters. The van der Waals surface area contributed by atoms with E-state index < -0.39 is 40.8 Å². The molecule has 3 aromatic rings. The molecule has 11 nitrogen and oxygen atoms in total. The summed E-state index contributed by atoms with van der Waals surface area (Å²) in [5.74, 6) is -1.77. The van der Waals surface area contributed by atoms with Gasteiger partial charge in [0.1, 0.15) is 19.0 Å². The number of amides is 5. The van der Waals surface area contributed by atoms with Crippen LogP contribution in [0.25, 0.3) is 0 Å². The predicted molar refractivity (Wildman–Crippen MR) is 220 cm³/mol. The summed E-state index contributed by atoms with van der Waals surface area (Å²) < 4.78 is 11.9. The molecule has 3 aromatic carbocycles. The topological polar surface area (TPSA) is 134 Å². The van der Waals surface area contributed by atoms with Crippen LogP contribution in [-0.4, -0.2) is 64.3 Å². The van der Waals surface area contributed by atoms with Gasteiger partial charge in [0.25, 0.3) is 16.9 Å². The van der Waals surface area contributed by atoms with Crippen LogP contribution in [-0.2, 0) is 41.3 Å². The van der Waals surface area contributed by atoms with Crippen LogP contribution in [0.2, 0.25) is 0 Å². The lowest BCUT2D eigenvalue weighted by molar-refractivity contribution is -0.157. The number of ether oxygens (including phenoxy) is 2. The summed E-state index contributed by atoms with van der Waals surface area (Å²) in [6, 6.07) is 21.4. The van der Waals surface area contributed by atoms with Gasteiger partial charge in [0.15, 0.2) is 5.78 Å². The maximum Gasteiger partial charge on any atom is 0.329 e. The van der Waals surface area contributed by atoms with Gasteiger partial charge >= 0.3 is 6.03 Å². The molecule has 12 heteroatoms. The second-order valence-corrected chi connectivity index (χ2v) is 17.1. The van der Waals surface area contributed by atoms with Crippen LogP contribution in [0.15, 0.2) is 72.8 Å². The first kappa shape index (κ1) is 44.0. The Labute approximate surface area is 336 Å². The predicted octanol–water partition coefficient (Wildman–Crippen LogP) is 8.79. The van der Waals surface area contributed by atoms with Crippen molar-refractivity contribution in [1.29, 1.82) is 0 Å². The number of ketones is 1. The van der Waals surface area contributed by atoms with E-state index in [-0.39, 0.29) is 41.9 Å². The number of alkyl halides is 1. The van der Waals surface area contributed by atoms with Crippen LogP contribution in [0, 0.1) is 5.41 Å². The van der Waals surface area contributed by atoms with Crippen LogP contribution in [0.4, 0.5) is 16.2 Å². The highest BCUT2D eigenvalue weighted by Gasteiger charge is 2.51. The summed E-state index contributed by atoms with van der Waals surface area (Å²) in [5, 5.41) is 2.86. The Hall–Kier alpha value is -4.74. The SMILES string of the molecule is CCC(C)(C)c1ccc(OCCCC(=O)Nc2cccc(NC(=O)C(Cl)(OCN3C(=O)CN(Cc4ccccc4)C3=O)C(=O)C(C)(C)C)c2)c(C(C)(C)CC)c1. The molecule has 0 spiro atoms. The van der Waals surface area contributed by atoms with Crippen molar-refractivity contribution in [2.24, 2.45) is 5.41 Å². The van der Waals surface area contributed by atoms with E-state index in [1.165, 1.54) is 16.5 Å². The summed E-state index contributed by atoms with van der Waals surface area (Å²) in [6.07, 6.45) is 2.63. The number of Topliss-reactive ketones (excluding diaryl/α,β-unsaturated/α-hetero) is 1. The summed E-state index contributed by atoms with van der Waals surface area (Å²) in [6.45, 7) is 17.6. The summed E-state index contributed by atoms with van der Waals surface area (Å²) >= 11 is 6.70. The highest BCUT2D eigenvalue weighted by atomic mass is 35.5. The quantitative estimate of drug-likeness (QED) is 0.0570. The van der Waals surface area contributed by atoms with Gasteiger partial charge in [-0.15, -0.1) is 0 Å². The Bertz CT molecular complexity index is 1910. The molecule has 302 valence electrons. The average molecular weight is 789 g/mol. The molecule has 1 heterocycles. The molecule has 5 amide bonds. The van der Waals surface area contributed by atoms with Crippen molar-refractivity contribution in [2.45, 2.75) is 110 Å². The van der Waals surface area contributed by atoms with E-state index in [9.17, 15) is 24.0 Å². The molecule has 0 aliphatic carbocycles. The van der Waals surface area contributed by atoms with Crippen LogP contribution >= 0.6 is 11.6 Å². The van der Waals surface area contributed by atoms with Crippen molar-refractivity contribution >= 4 is 52.5 Å². The van der Waals surface area contributed by atoms with E-state index in [4.69, 9.17) is 21.1 Å². The highest BCUT2D eigenvalue weighted by molar-refractivity contribution is 6.47. The van der Waals surface area contributed by atoms with Gasteiger partial charge in [-0.25, -0.2) is 9.69 Å². The molecule has 0 aromatic heterocycles. The first-order valence-electron chi connectivity index (χ1n) is 19.2. The number of anilines is 2. The van der Waals surface area contributed by atoms with Crippen molar-refractivity contribution in [3.8, 4) is 5.75 Å². The molecule has 0 bridgehead atoms. The van der Waals surface area contributed by atoms with Gasteiger partial charge in [-0.2, -0.15) is 0 Å². The molecule has 56 heavy (non-hydrogen) atoms. The van der Waals surface area contributed by atoms with E-state index >= 15 is 0 Å². The third-order valence-corrected chi connectivity index (χ3v) is 10.9. The smallest absolute Gasteiger partial charge is 0.329 e. The van der Waals surface area contributed by atoms with Gasteiger partial charge < -0.3 is 25.0 Å². The molecular weight excluding hydrogens is 732 g/mol. The van der Waals surface area contributed by atoms with Crippen LogP contribution in [0.1, 0.15) is 105 Å². The van der Waals surface area contributed by atoms with Gasteiger partial charge in [0, 0.05) is 35.3 Å². The van der Waals surface area contributed by atoms with Crippen LogP contribution in [0.5, 0.6) is 5.75 Å². The van der Waals surface area contributed by atoms with E-state index in [0.29, 0.717) is 18.7 Å². The standard InChI is InChI=1S/C44H57ClN4O7/c1-10-42(6,7)31-22-23-35(34(25-31)43(8,9)11-2)55-24-16-21-36(50)46-32-19-15-20-33(26-32)47-39(53)44(45,38(52)41(3,4)5)56-29-49-37(51)28-48(40(49)54)27-30-17-13-12-14-18-30/h12-15,17-20,22-23,25-26H,10-11,16,21,24,27-29H2,1-9H3,(H,46,50)(H,47,53). The Balaban J connectivity index is 1.37. The number of nitrogens with zero attached hydrogens (tertiary/aromatic N) is 2. The maximum atomic E-state index is 13.7. The summed E-state index contributed by atoms with van der Waals surface area (Å²) in [5.41, 5.74) is 2.71. The second kappa shape index (κ2) is 18.0. The first-order valence-corrected chi connectivity index (χ1v) is 19.6. The fourth-order valence-corrected chi connectivity index (χ4v) is 6.42. The van der Waals surface area contributed by atoms with E-state index in [1.54, 1.807) is 39.0 Å². The third-order valence-electron chi connectivity index (χ3n) is 10.5. The monoisotopic (exact) mass is 788 g/mol. The fraction of sp³-hybridized carbons (Fsp3) is 0.477. The lowest BCUT2D eigenvalue weighted by atomic mass is 9.76. The minimum atomic E-state index is -2.59. The van der Waals surface area contributed by atoms with Gasteiger partial charge in [-0.1, -0.05) is 122 Å². The molecule has 2 N–H and O–H groups in total. The molecule has 1 aliphatic rings. The molecule has 0 saturated carbocycles. The van der Waals surface area contributed by atoms with Crippen LogP contribution < -0.4 is 15.4 Å². The minimum Gasteiger partial charge on any atom is -0.493 e. The van der Waals surface area contributed by atoms with Gasteiger partial charge in [-0.05, 0) is 65.5 Å². The second-order valence-electron chi connectivity index (χ2n) is 16.6. The highest BCUT2D eigenvalue weighted by Crippen LogP contribution is 2.39. The Morgan fingerprint density at radius 2 is 1.45 bits per heavy atom. The van der Waals surface area contributed by atoms with E-state index in [1.807, 2.05) is 36.4 Å². The zero-order valence-corrected chi connectivity index (χ0v) is 35.0. The van der Waals surface area contributed by atoms with Crippen molar-refractivity contribution in [3.63, 3.8) is 0 Å². The number of nitrogens with one attached hydrogen (secondary N) is 2. The number of urea groups is 1. The molecule has 1 aliphatic heterocycles. The molecule has 4 rings (SSSR count). The molecule has 0 radical (unpaired) electrons. The van der Waals surface area contributed by atoms with E-state index in [2.05, 4.69) is 64.3 Å². The van der Waals surface area contributed by atoms with Crippen molar-refractivity contribution in [3.05, 3.63) is 89.5 Å². The lowest BCUT2D eigenvalue weighted by Crippen LogP contribution is -2.53. The lowest BCUT2D eigenvalue weighted by Gasteiger charge is -2.31. The van der Waals surface area contributed by atoms with Crippen molar-refractivity contribution in [2.75, 3.05) is 30.5 Å². The number of carbonyl (C=O) groups is 5. The molecule has 1 fully saturated rings. The van der Waals surface area contributed by atoms with Crippen molar-refractivity contribution in [1.82, 2.24) is 9.80 Å². The first-order chi connectivity index (χ1) is 26.2. The zero-order chi connectivity index (χ0) is 41.5. The summed E-state index contributed by atoms with van der Waals surface area (Å²) in [4.78, 5) is 68.4. The van der Waals surface area contributed by atoms with Gasteiger partial charge in [-0.3, -0.25) is 19.2 Å². The third kappa shape index (κ3) is 10.8. The normalized spacial score (nSPS) is 14.8. The van der Waals surface area contributed by atoms with Crippen LogP contribution in [0.3, 0.4) is 0 Å². The van der Waals surface area contributed by atoms with E-state index in [0.717, 1.165) is 34.6 Å². The number of carbonyl (C=O) groups excluding carboxylic acids is 5. The molecule has 1 unspecified atom stereocenters. The Morgan fingerprint density at radius 1 is 0.804 bits per heavy atom. The number of rotatable bonds is 18. The summed E-state index contributed by atoms with van der Waals surface area (Å²) in [7, 11) is 0. The Kier molecular flexibility index (Phi) is 14.2. The fourth-order valence-electron chi connectivity index (χ4n) is 6.04. The number of hydrogen-bond donors (Lipinski definition) is 2. The zero-order valence-electron chi connectivity index (χ0n) is 34.2. The number of imide groups is 1. The average Bonchev–Trinajstić information content (AvgIpc) is 3.42. The number of halogens is 1. The van der Waals surface area contributed by atoms with Crippen molar-refractivity contribution < 1.29 is 33.4 Å². The van der Waals surface area contributed by atoms with Gasteiger partial charge in [0.2, 0.25) is 5.91 Å². The molecular formula is C44H57ClN4O7.